The summed E-state index contributed by atoms with van der Waals surface area (Å²) in [4.78, 5) is 12.0. The summed E-state index contributed by atoms with van der Waals surface area (Å²) in [5.41, 5.74) is 6.73. The van der Waals surface area contributed by atoms with E-state index >= 15 is 0 Å². The second-order valence-electron chi connectivity index (χ2n) is 4.52. The van der Waals surface area contributed by atoms with Gasteiger partial charge >= 0.3 is 0 Å². The van der Waals surface area contributed by atoms with Crippen LogP contribution in [0, 0.1) is 5.92 Å². The molecule has 3 N–H and O–H groups in total. The molecule has 1 aliphatic rings. The number of benzene rings is 1. The van der Waals surface area contributed by atoms with E-state index in [1.807, 2.05) is 0 Å². The second kappa shape index (κ2) is 5.90. The van der Waals surface area contributed by atoms with Crippen molar-refractivity contribution in [3.63, 3.8) is 0 Å². The zero-order chi connectivity index (χ0) is 13.3. The van der Waals surface area contributed by atoms with Crippen molar-refractivity contribution in [1.29, 1.82) is 0 Å². The van der Waals surface area contributed by atoms with E-state index in [2.05, 4.69) is 5.32 Å². The van der Waals surface area contributed by atoms with Crippen LogP contribution in [0.4, 0.5) is 5.69 Å². The molecule has 0 radical (unpaired) electrons. The molecule has 1 aromatic rings. The van der Waals surface area contributed by atoms with Gasteiger partial charge in [-0.25, -0.2) is 8.42 Å². The van der Waals surface area contributed by atoms with Crippen molar-refractivity contribution in [3.8, 4) is 0 Å². The lowest BCUT2D eigenvalue weighted by atomic mass is 10.1. The van der Waals surface area contributed by atoms with Crippen LogP contribution in [-0.4, -0.2) is 26.6 Å². The SMILES string of the molecule is CC(CN)C(=O)Nc1ccc2c(c1)S(=O)(=O)CC2.Cl. The highest BCUT2D eigenvalue weighted by molar-refractivity contribution is 7.91. The summed E-state index contributed by atoms with van der Waals surface area (Å²) in [6.07, 6.45) is 0.547. The third kappa shape index (κ3) is 3.26. The van der Waals surface area contributed by atoms with Gasteiger partial charge in [-0.1, -0.05) is 13.0 Å². The minimum atomic E-state index is -3.17. The molecule has 1 atom stereocenters. The number of nitrogens with one attached hydrogen (secondary N) is 1. The van der Waals surface area contributed by atoms with E-state index < -0.39 is 9.84 Å². The molecule has 106 valence electrons. The molecule has 19 heavy (non-hydrogen) atoms. The average Bonchev–Trinajstić information content (AvgIpc) is 2.64. The van der Waals surface area contributed by atoms with Gasteiger partial charge in [0.05, 0.1) is 10.6 Å². The van der Waals surface area contributed by atoms with Gasteiger partial charge in [0.1, 0.15) is 0 Å². The van der Waals surface area contributed by atoms with Gasteiger partial charge in [0.15, 0.2) is 9.84 Å². The molecule has 1 heterocycles. The second-order valence-corrected chi connectivity index (χ2v) is 6.59. The summed E-state index contributed by atoms with van der Waals surface area (Å²) in [6, 6.07) is 5.00. The van der Waals surface area contributed by atoms with Gasteiger partial charge in [-0.3, -0.25) is 4.79 Å². The molecule has 0 bridgehead atoms. The third-order valence-corrected chi connectivity index (χ3v) is 4.90. The first-order valence-electron chi connectivity index (χ1n) is 5.80. The van der Waals surface area contributed by atoms with E-state index in [0.29, 0.717) is 17.0 Å². The smallest absolute Gasteiger partial charge is 0.228 e. The van der Waals surface area contributed by atoms with Crippen molar-refractivity contribution in [2.24, 2.45) is 11.7 Å². The number of fused-ring (bicyclic) bond motifs is 1. The normalized spacial score (nSPS) is 17.2. The minimum absolute atomic E-state index is 0. The van der Waals surface area contributed by atoms with Crippen molar-refractivity contribution in [2.45, 2.75) is 18.2 Å². The summed E-state index contributed by atoms with van der Waals surface area (Å²) >= 11 is 0. The fourth-order valence-corrected chi connectivity index (χ4v) is 3.44. The van der Waals surface area contributed by atoms with Gasteiger partial charge < -0.3 is 11.1 Å². The number of amides is 1. The maximum Gasteiger partial charge on any atom is 0.228 e. The molecular formula is C12H17ClN2O3S. The first-order chi connectivity index (χ1) is 8.44. The number of halogens is 1. The number of hydrogen-bond donors (Lipinski definition) is 2. The van der Waals surface area contributed by atoms with Crippen LogP contribution in [0.15, 0.2) is 23.1 Å². The first kappa shape index (κ1) is 15.9. The topological polar surface area (TPSA) is 89.3 Å². The molecule has 0 saturated carbocycles. The number of anilines is 1. The number of carbonyl (C=O) groups excluding carboxylic acids is 1. The van der Waals surface area contributed by atoms with Crippen molar-refractivity contribution < 1.29 is 13.2 Å². The lowest BCUT2D eigenvalue weighted by molar-refractivity contribution is -0.119. The van der Waals surface area contributed by atoms with Crippen molar-refractivity contribution in [1.82, 2.24) is 0 Å². The van der Waals surface area contributed by atoms with E-state index in [4.69, 9.17) is 5.73 Å². The van der Waals surface area contributed by atoms with Gasteiger partial charge in [-0.15, -0.1) is 12.4 Å². The maximum atomic E-state index is 11.7. The lowest BCUT2D eigenvalue weighted by Gasteiger charge is -2.10. The Hall–Kier alpha value is -1.11. The molecular weight excluding hydrogens is 288 g/mol. The summed E-state index contributed by atoms with van der Waals surface area (Å²) in [5.74, 6) is -0.346. The van der Waals surface area contributed by atoms with E-state index in [1.54, 1.807) is 19.1 Å². The van der Waals surface area contributed by atoms with Gasteiger partial charge in [0, 0.05) is 18.2 Å². The fraction of sp³-hybridized carbons (Fsp3) is 0.417. The van der Waals surface area contributed by atoms with Crippen molar-refractivity contribution in [3.05, 3.63) is 23.8 Å². The molecule has 0 fully saturated rings. The number of rotatable bonds is 3. The van der Waals surface area contributed by atoms with Crippen LogP contribution in [0.25, 0.3) is 0 Å². The average molecular weight is 305 g/mol. The van der Waals surface area contributed by atoms with Crippen LogP contribution in [0.5, 0.6) is 0 Å². The highest BCUT2D eigenvalue weighted by Gasteiger charge is 2.26. The molecule has 0 aromatic heterocycles. The Balaban J connectivity index is 0.00000180. The van der Waals surface area contributed by atoms with Crippen molar-refractivity contribution in [2.75, 3.05) is 17.6 Å². The number of nitrogens with two attached hydrogens (primary N) is 1. The van der Waals surface area contributed by atoms with Crippen LogP contribution >= 0.6 is 12.4 Å². The Morgan fingerprint density at radius 3 is 2.79 bits per heavy atom. The fourth-order valence-electron chi connectivity index (χ4n) is 1.86. The van der Waals surface area contributed by atoms with E-state index in [0.717, 1.165) is 5.56 Å². The highest BCUT2D eigenvalue weighted by Crippen LogP contribution is 2.28. The number of carbonyl (C=O) groups is 1. The number of aryl methyl sites for hydroxylation is 1. The molecule has 0 aliphatic carbocycles. The summed E-state index contributed by atoms with van der Waals surface area (Å²) in [5, 5.41) is 2.68. The highest BCUT2D eigenvalue weighted by atomic mass is 35.5. The largest absolute Gasteiger partial charge is 0.330 e. The molecule has 0 spiro atoms. The monoisotopic (exact) mass is 304 g/mol. The Bertz CT molecular complexity index is 587. The molecule has 0 saturated heterocycles. The number of hydrogen-bond acceptors (Lipinski definition) is 4. The summed E-state index contributed by atoms with van der Waals surface area (Å²) in [6.45, 7) is 1.98. The Morgan fingerprint density at radius 1 is 1.47 bits per heavy atom. The van der Waals surface area contributed by atoms with Crippen LogP contribution in [0.2, 0.25) is 0 Å². The quantitative estimate of drug-likeness (QED) is 0.871. The molecule has 1 aliphatic heterocycles. The molecule has 2 rings (SSSR count). The van der Waals surface area contributed by atoms with Crippen molar-refractivity contribution >= 4 is 33.8 Å². The van der Waals surface area contributed by atoms with Crippen LogP contribution in [0.3, 0.4) is 0 Å². The predicted molar refractivity (Wildman–Crippen MR) is 76.3 cm³/mol. The number of sulfone groups is 1. The third-order valence-electron chi connectivity index (χ3n) is 3.11. The minimum Gasteiger partial charge on any atom is -0.330 e. The Kier molecular flexibility index (Phi) is 4.95. The molecule has 1 unspecified atom stereocenters. The van der Waals surface area contributed by atoms with Gasteiger partial charge in [0.25, 0.3) is 0 Å². The van der Waals surface area contributed by atoms with E-state index in [-0.39, 0.29) is 36.5 Å². The maximum absolute atomic E-state index is 11.7. The zero-order valence-corrected chi connectivity index (χ0v) is 12.2. The predicted octanol–water partition coefficient (Wildman–Crippen LogP) is 0.972. The Labute approximate surface area is 118 Å². The van der Waals surface area contributed by atoms with Gasteiger partial charge in [-0.2, -0.15) is 0 Å². The molecule has 5 nitrogen and oxygen atoms in total. The van der Waals surface area contributed by atoms with E-state index in [1.165, 1.54) is 6.07 Å². The Morgan fingerprint density at radius 2 is 2.16 bits per heavy atom. The van der Waals surface area contributed by atoms with Crippen LogP contribution in [-0.2, 0) is 21.1 Å². The zero-order valence-electron chi connectivity index (χ0n) is 10.5. The molecule has 1 aromatic carbocycles. The first-order valence-corrected chi connectivity index (χ1v) is 7.46. The van der Waals surface area contributed by atoms with Crippen LogP contribution in [0.1, 0.15) is 12.5 Å². The molecule has 7 heteroatoms. The van der Waals surface area contributed by atoms with Crippen LogP contribution < -0.4 is 11.1 Å². The van der Waals surface area contributed by atoms with Gasteiger partial charge in [-0.05, 0) is 24.1 Å². The lowest BCUT2D eigenvalue weighted by Crippen LogP contribution is -2.26. The summed E-state index contributed by atoms with van der Waals surface area (Å²) in [7, 11) is -3.17. The molecule has 1 amide bonds. The van der Waals surface area contributed by atoms with E-state index in [9.17, 15) is 13.2 Å². The summed E-state index contributed by atoms with van der Waals surface area (Å²) < 4.78 is 23.5. The standard InChI is InChI=1S/C12H16N2O3S.ClH/c1-8(7-13)12(15)14-10-3-2-9-4-5-18(16,17)11(9)6-10;/h2-3,6,8H,4-5,7,13H2,1H3,(H,14,15);1H. The van der Waals surface area contributed by atoms with Gasteiger partial charge in [0.2, 0.25) is 5.91 Å².